The Bertz CT molecular complexity index is 1970. The molecule has 14 nitrogen and oxygen atoms in total. The van der Waals surface area contributed by atoms with E-state index in [1.54, 1.807) is 11.0 Å². The second-order valence-corrected chi connectivity index (χ2v) is 18.2. The van der Waals surface area contributed by atoms with Crippen LogP contribution < -0.4 is 20.4 Å². The molecular weight excluding hydrogens is 709 g/mol. The summed E-state index contributed by atoms with van der Waals surface area (Å²) in [7, 11) is -1.76. The lowest BCUT2D eigenvalue weighted by Crippen LogP contribution is -2.49. The molecule has 4 aliphatic rings. The number of urea groups is 1. The van der Waals surface area contributed by atoms with E-state index in [1.807, 2.05) is 50.7 Å². The number of likely N-dealkylation sites (tertiary alicyclic amines) is 1. The van der Waals surface area contributed by atoms with Crippen LogP contribution >= 0.6 is 0 Å². The van der Waals surface area contributed by atoms with Crippen LogP contribution in [-0.2, 0) is 26.6 Å². The molecule has 4 aliphatic heterocycles. The maximum atomic E-state index is 13.6. The first-order valence-electron chi connectivity index (χ1n) is 19.4. The third kappa shape index (κ3) is 8.52. The number of carbonyl (C=O) groups is 3. The third-order valence-corrected chi connectivity index (χ3v) is 13.2. The molecule has 0 radical (unpaired) electrons. The number of ether oxygens (including phenoxy) is 1. The van der Waals surface area contributed by atoms with Gasteiger partial charge in [0, 0.05) is 69.9 Å². The Morgan fingerprint density at radius 3 is 2.33 bits per heavy atom. The fraction of sp³-hybridized carbons (Fsp3) is 0.590. The number of hydrogen-bond acceptors (Lipinski definition) is 9. The number of benzene rings is 2. The van der Waals surface area contributed by atoms with E-state index in [9.17, 15) is 22.8 Å². The Labute approximate surface area is 318 Å². The lowest BCUT2D eigenvalue weighted by Gasteiger charge is -2.38. The van der Waals surface area contributed by atoms with Crippen LogP contribution in [0.3, 0.4) is 0 Å². The molecule has 4 amide bonds. The number of nitrogens with one attached hydrogen (secondary N) is 2. The number of anilines is 2. The minimum Gasteiger partial charge on any atom is -0.444 e. The number of hydrogen-bond donors (Lipinski definition) is 2. The zero-order chi connectivity index (χ0) is 38.2. The molecule has 292 valence electrons. The van der Waals surface area contributed by atoms with Gasteiger partial charge < -0.3 is 19.9 Å². The van der Waals surface area contributed by atoms with Crippen LogP contribution in [0, 0.1) is 5.92 Å². The quantitative estimate of drug-likeness (QED) is 0.331. The van der Waals surface area contributed by atoms with Gasteiger partial charge in [-0.3, -0.25) is 19.7 Å². The Morgan fingerprint density at radius 2 is 1.65 bits per heavy atom. The van der Waals surface area contributed by atoms with E-state index < -0.39 is 27.7 Å². The highest BCUT2D eigenvalue weighted by molar-refractivity contribution is 7.89. The molecule has 0 bridgehead atoms. The summed E-state index contributed by atoms with van der Waals surface area (Å²) >= 11 is 0. The van der Waals surface area contributed by atoms with E-state index in [-0.39, 0.29) is 18.4 Å². The molecule has 4 saturated heterocycles. The van der Waals surface area contributed by atoms with Gasteiger partial charge in [-0.2, -0.15) is 9.40 Å². The molecule has 0 atom stereocenters. The van der Waals surface area contributed by atoms with Crippen molar-refractivity contribution >= 4 is 50.5 Å². The third-order valence-electron chi connectivity index (χ3n) is 11.4. The number of piperidine rings is 3. The maximum Gasteiger partial charge on any atom is 0.407 e. The number of imide groups is 1. The summed E-state index contributed by atoms with van der Waals surface area (Å²) in [6, 6.07) is 13.3. The zero-order valence-corrected chi connectivity index (χ0v) is 32.7. The van der Waals surface area contributed by atoms with Crippen molar-refractivity contribution in [3.05, 3.63) is 48.0 Å². The normalized spacial score (nSPS) is 20.7. The summed E-state index contributed by atoms with van der Waals surface area (Å²) in [5.74, 6) is 1.40. The van der Waals surface area contributed by atoms with Gasteiger partial charge in [-0.25, -0.2) is 18.0 Å². The smallest absolute Gasteiger partial charge is 0.407 e. The molecule has 0 saturated carbocycles. The molecule has 7 rings (SSSR count). The van der Waals surface area contributed by atoms with Crippen LogP contribution in [0.5, 0.6) is 0 Å². The van der Waals surface area contributed by atoms with Crippen molar-refractivity contribution in [1.29, 1.82) is 0 Å². The van der Waals surface area contributed by atoms with E-state index in [0.29, 0.717) is 55.0 Å². The van der Waals surface area contributed by atoms with Gasteiger partial charge >= 0.3 is 12.1 Å². The molecule has 1 aromatic heterocycles. The van der Waals surface area contributed by atoms with Crippen LogP contribution in [0.25, 0.3) is 10.9 Å². The van der Waals surface area contributed by atoms with Crippen LogP contribution in [0.4, 0.5) is 21.1 Å². The summed E-state index contributed by atoms with van der Waals surface area (Å²) in [6.45, 7) is 11.5. The SMILES string of the molecule is Cn1nc(N2CCC(=O)NC2=O)c2ccc(C3CCN(CC4CCN(c5cccc(S(=O)(=O)N6CCC(NC(=O)OC(C)(C)C)CC6)c5)CC4)CC3)cc21. The van der Waals surface area contributed by atoms with Gasteiger partial charge in [-0.15, -0.1) is 0 Å². The highest BCUT2D eigenvalue weighted by Gasteiger charge is 2.33. The number of sulfonamides is 1. The molecule has 4 fully saturated rings. The number of nitrogens with zero attached hydrogens (tertiary/aromatic N) is 6. The lowest BCUT2D eigenvalue weighted by atomic mass is 9.88. The number of fused-ring (bicyclic) bond motifs is 1. The number of alkyl carbamates (subject to hydrolysis) is 1. The number of aryl methyl sites for hydroxylation is 1. The van der Waals surface area contributed by atoms with Crippen LogP contribution in [0.1, 0.15) is 77.2 Å². The standard InChI is InChI=1S/C39H54N8O6S/c1-39(2,3)53-38(50)40-30-14-21-46(22-15-30)54(51,52)32-7-5-6-31(25-32)45-19-10-27(11-20-45)26-44-17-12-28(13-18-44)29-8-9-33-34(24-29)43(4)42-36(33)47-23-16-35(48)41-37(47)49/h5-9,24-25,27-28,30H,10-23,26H2,1-4H3,(H,40,50)(H,41,48,49). The summed E-state index contributed by atoms with van der Waals surface area (Å²) in [5, 5.41) is 10.8. The second kappa shape index (κ2) is 15.5. The van der Waals surface area contributed by atoms with E-state index in [0.717, 1.165) is 75.0 Å². The van der Waals surface area contributed by atoms with Crippen molar-refractivity contribution in [2.75, 3.05) is 62.2 Å². The molecule has 0 spiro atoms. The molecule has 3 aromatic rings. The van der Waals surface area contributed by atoms with Crippen molar-refractivity contribution in [2.45, 2.75) is 88.2 Å². The first kappa shape index (κ1) is 38.1. The predicted molar refractivity (Wildman–Crippen MR) is 207 cm³/mol. The highest BCUT2D eigenvalue weighted by Crippen LogP contribution is 2.35. The number of rotatable bonds is 8. The second-order valence-electron chi connectivity index (χ2n) is 16.3. The first-order valence-corrected chi connectivity index (χ1v) is 20.8. The average Bonchev–Trinajstić information content (AvgIpc) is 3.46. The topological polar surface area (TPSA) is 149 Å². The van der Waals surface area contributed by atoms with Gasteiger partial charge in [0.1, 0.15) is 5.60 Å². The van der Waals surface area contributed by atoms with E-state index in [2.05, 4.69) is 43.7 Å². The Morgan fingerprint density at radius 1 is 0.926 bits per heavy atom. The Hall–Kier alpha value is -4.21. The molecular formula is C39H54N8O6S. The van der Waals surface area contributed by atoms with Crippen molar-refractivity contribution in [2.24, 2.45) is 13.0 Å². The van der Waals surface area contributed by atoms with E-state index in [4.69, 9.17) is 4.74 Å². The molecule has 2 N–H and O–H groups in total. The number of aromatic nitrogens is 2. The van der Waals surface area contributed by atoms with E-state index >= 15 is 0 Å². The van der Waals surface area contributed by atoms with Crippen LogP contribution in [0.15, 0.2) is 47.4 Å². The maximum absolute atomic E-state index is 13.6. The summed E-state index contributed by atoms with van der Waals surface area (Å²) in [5.41, 5.74) is 2.65. The molecule has 2 aromatic carbocycles. The Kier molecular flexibility index (Phi) is 10.9. The van der Waals surface area contributed by atoms with Crippen molar-refractivity contribution < 1.29 is 27.5 Å². The molecule has 5 heterocycles. The van der Waals surface area contributed by atoms with Gasteiger partial charge in [0.05, 0.1) is 10.4 Å². The van der Waals surface area contributed by atoms with Gasteiger partial charge in [0.15, 0.2) is 5.82 Å². The highest BCUT2D eigenvalue weighted by atomic mass is 32.2. The van der Waals surface area contributed by atoms with Gasteiger partial charge in [-0.1, -0.05) is 12.1 Å². The van der Waals surface area contributed by atoms with Crippen LogP contribution in [-0.4, -0.2) is 109 Å². The largest absolute Gasteiger partial charge is 0.444 e. The van der Waals surface area contributed by atoms with Gasteiger partial charge in [0.25, 0.3) is 0 Å². The molecule has 0 aliphatic carbocycles. The van der Waals surface area contributed by atoms with Crippen molar-refractivity contribution in [3.63, 3.8) is 0 Å². The average molecular weight is 763 g/mol. The fourth-order valence-corrected chi connectivity index (χ4v) is 9.88. The van der Waals surface area contributed by atoms with Gasteiger partial charge in [-0.05, 0) is 120 Å². The molecule has 54 heavy (non-hydrogen) atoms. The van der Waals surface area contributed by atoms with Gasteiger partial charge in [0.2, 0.25) is 15.9 Å². The van der Waals surface area contributed by atoms with Crippen molar-refractivity contribution in [3.8, 4) is 0 Å². The number of amides is 4. The predicted octanol–water partition coefficient (Wildman–Crippen LogP) is 4.79. The molecule has 15 heteroatoms. The monoisotopic (exact) mass is 762 g/mol. The fourth-order valence-electron chi connectivity index (χ4n) is 8.37. The summed E-state index contributed by atoms with van der Waals surface area (Å²) < 4.78 is 36.0. The summed E-state index contributed by atoms with van der Waals surface area (Å²) in [6.07, 6.45) is 5.19. The number of carbonyl (C=O) groups excluding carboxylic acids is 3. The first-order chi connectivity index (χ1) is 25.7. The summed E-state index contributed by atoms with van der Waals surface area (Å²) in [4.78, 5) is 43.1. The van der Waals surface area contributed by atoms with E-state index in [1.165, 1.54) is 9.87 Å². The Balaban J connectivity index is 0.876. The minimum atomic E-state index is -3.65. The zero-order valence-electron chi connectivity index (χ0n) is 31.9. The van der Waals surface area contributed by atoms with Crippen molar-refractivity contribution in [1.82, 2.24) is 29.6 Å². The van der Waals surface area contributed by atoms with Crippen LogP contribution in [0.2, 0.25) is 0 Å². The lowest BCUT2D eigenvalue weighted by molar-refractivity contribution is -0.120. The molecule has 0 unspecified atom stereocenters. The minimum absolute atomic E-state index is 0.116.